The quantitative estimate of drug-likeness (QED) is 0.695. The van der Waals surface area contributed by atoms with E-state index in [2.05, 4.69) is 16.0 Å². The van der Waals surface area contributed by atoms with E-state index in [1.54, 1.807) is 7.11 Å². The van der Waals surface area contributed by atoms with Gasteiger partial charge >= 0.3 is 0 Å². The average molecular weight is 162 g/mol. The third-order valence-electron chi connectivity index (χ3n) is 1.87. The molecule has 0 aliphatic carbocycles. The maximum absolute atomic E-state index is 5.09. The van der Waals surface area contributed by atoms with E-state index in [0.717, 1.165) is 16.6 Å². The number of ether oxygens (including phenoxy) is 1. The molecule has 0 atom stereocenters. The molecule has 0 aliphatic heterocycles. The lowest BCUT2D eigenvalue weighted by molar-refractivity contribution is 0.396. The highest BCUT2D eigenvalue weighted by Crippen LogP contribution is 2.19. The maximum Gasteiger partial charge on any atom is 0.217 e. The molecule has 12 heavy (non-hydrogen) atoms. The van der Waals surface area contributed by atoms with Crippen LogP contribution in [-0.2, 0) is 0 Å². The van der Waals surface area contributed by atoms with Gasteiger partial charge in [0.15, 0.2) is 0 Å². The number of hydrogen-bond donors (Lipinski definition) is 1. The second-order valence-corrected chi connectivity index (χ2v) is 2.73. The summed E-state index contributed by atoms with van der Waals surface area (Å²) in [6.07, 6.45) is 1.87. The Morgan fingerprint density at radius 2 is 2.33 bits per heavy atom. The largest absolute Gasteiger partial charge is 0.481 e. The zero-order valence-corrected chi connectivity index (χ0v) is 7.09. The number of nitrogens with zero attached hydrogens (tertiary/aromatic N) is 1. The van der Waals surface area contributed by atoms with Crippen molar-refractivity contribution in [2.24, 2.45) is 0 Å². The van der Waals surface area contributed by atoms with Crippen LogP contribution < -0.4 is 4.74 Å². The first-order valence-corrected chi connectivity index (χ1v) is 3.80. The van der Waals surface area contributed by atoms with Crippen LogP contribution >= 0.6 is 0 Å². The van der Waals surface area contributed by atoms with Gasteiger partial charge in [-0.2, -0.15) is 4.98 Å². The number of nitrogens with one attached hydrogen (secondary N) is 1. The average Bonchev–Trinajstić information content (AvgIpc) is 2.49. The van der Waals surface area contributed by atoms with Gasteiger partial charge in [-0.25, -0.2) is 0 Å². The van der Waals surface area contributed by atoms with Crippen LogP contribution in [0.5, 0.6) is 5.88 Å². The van der Waals surface area contributed by atoms with Crippen molar-refractivity contribution in [2.75, 3.05) is 7.11 Å². The molecule has 1 N–H and O–H groups in total. The smallest absolute Gasteiger partial charge is 0.217 e. The number of rotatable bonds is 1. The fourth-order valence-corrected chi connectivity index (χ4v) is 1.28. The van der Waals surface area contributed by atoms with Crippen molar-refractivity contribution in [3.05, 3.63) is 23.9 Å². The van der Waals surface area contributed by atoms with Gasteiger partial charge < -0.3 is 9.72 Å². The van der Waals surface area contributed by atoms with Crippen LogP contribution in [-0.4, -0.2) is 17.1 Å². The lowest BCUT2D eigenvalue weighted by Gasteiger charge is -2.01. The van der Waals surface area contributed by atoms with E-state index in [-0.39, 0.29) is 0 Å². The summed E-state index contributed by atoms with van der Waals surface area (Å²) in [7, 11) is 1.63. The highest BCUT2D eigenvalue weighted by Gasteiger charge is 2.02. The standard InChI is InChI=1S/C9H10N2O/c1-6-5-7-3-4-10-8(7)11-9(6)12-2/h3-5H,1-2H3,(H,10,11). The van der Waals surface area contributed by atoms with Crippen LogP contribution in [0.1, 0.15) is 5.56 Å². The van der Waals surface area contributed by atoms with E-state index in [1.807, 2.05) is 19.2 Å². The fraction of sp³-hybridized carbons (Fsp3) is 0.222. The summed E-state index contributed by atoms with van der Waals surface area (Å²) in [5.74, 6) is 0.685. The van der Waals surface area contributed by atoms with E-state index in [1.165, 1.54) is 0 Å². The number of fused-ring (bicyclic) bond motifs is 1. The zero-order chi connectivity index (χ0) is 8.55. The van der Waals surface area contributed by atoms with Crippen molar-refractivity contribution in [3.63, 3.8) is 0 Å². The van der Waals surface area contributed by atoms with Crippen LogP contribution in [0.2, 0.25) is 0 Å². The highest BCUT2D eigenvalue weighted by atomic mass is 16.5. The number of aromatic amines is 1. The topological polar surface area (TPSA) is 37.9 Å². The highest BCUT2D eigenvalue weighted by molar-refractivity contribution is 5.76. The van der Waals surface area contributed by atoms with Crippen LogP contribution in [0, 0.1) is 6.92 Å². The molecule has 0 unspecified atom stereocenters. The molecule has 0 fully saturated rings. The number of methoxy groups -OCH3 is 1. The first-order valence-electron chi connectivity index (χ1n) is 3.80. The van der Waals surface area contributed by atoms with E-state index >= 15 is 0 Å². The third kappa shape index (κ3) is 0.942. The van der Waals surface area contributed by atoms with Crippen LogP contribution in [0.25, 0.3) is 11.0 Å². The van der Waals surface area contributed by atoms with Gasteiger partial charge in [0.05, 0.1) is 7.11 Å². The lowest BCUT2D eigenvalue weighted by Crippen LogP contribution is -1.90. The zero-order valence-electron chi connectivity index (χ0n) is 7.09. The SMILES string of the molecule is COc1nc2[nH]ccc2cc1C. The Hall–Kier alpha value is -1.51. The summed E-state index contributed by atoms with van der Waals surface area (Å²) in [6.45, 7) is 1.98. The van der Waals surface area contributed by atoms with Crippen molar-refractivity contribution in [3.8, 4) is 5.88 Å². The molecule has 0 aromatic carbocycles. The number of aryl methyl sites for hydroxylation is 1. The van der Waals surface area contributed by atoms with Gasteiger partial charge in [-0.3, -0.25) is 0 Å². The monoisotopic (exact) mass is 162 g/mol. The molecule has 0 radical (unpaired) electrons. The van der Waals surface area contributed by atoms with Crippen LogP contribution in [0.4, 0.5) is 0 Å². The van der Waals surface area contributed by atoms with Gasteiger partial charge in [-0.05, 0) is 19.1 Å². The number of H-pyrrole nitrogens is 1. The predicted octanol–water partition coefficient (Wildman–Crippen LogP) is 1.88. The summed E-state index contributed by atoms with van der Waals surface area (Å²) in [5.41, 5.74) is 1.93. The van der Waals surface area contributed by atoms with Gasteiger partial charge in [0.25, 0.3) is 0 Å². The van der Waals surface area contributed by atoms with E-state index in [9.17, 15) is 0 Å². The van der Waals surface area contributed by atoms with Crippen molar-refractivity contribution in [2.45, 2.75) is 6.92 Å². The first-order chi connectivity index (χ1) is 5.81. The molecule has 0 saturated heterocycles. The third-order valence-corrected chi connectivity index (χ3v) is 1.87. The van der Waals surface area contributed by atoms with E-state index < -0.39 is 0 Å². The summed E-state index contributed by atoms with van der Waals surface area (Å²) in [6, 6.07) is 4.05. The fourth-order valence-electron chi connectivity index (χ4n) is 1.28. The van der Waals surface area contributed by atoms with Crippen molar-refractivity contribution >= 4 is 11.0 Å². The van der Waals surface area contributed by atoms with Crippen molar-refractivity contribution in [1.82, 2.24) is 9.97 Å². The summed E-state index contributed by atoms with van der Waals surface area (Å²) >= 11 is 0. The summed E-state index contributed by atoms with van der Waals surface area (Å²) < 4.78 is 5.09. The molecule has 3 heteroatoms. The molecule has 0 bridgehead atoms. The minimum absolute atomic E-state index is 0.685. The summed E-state index contributed by atoms with van der Waals surface area (Å²) in [5, 5.41) is 1.12. The minimum atomic E-state index is 0.685. The molecule has 0 aliphatic rings. The number of pyridine rings is 1. The molecule has 62 valence electrons. The molecule has 2 aromatic rings. The molecule has 2 aromatic heterocycles. The molecule has 3 nitrogen and oxygen atoms in total. The Morgan fingerprint density at radius 1 is 1.50 bits per heavy atom. The number of hydrogen-bond acceptors (Lipinski definition) is 2. The molecule has 0 amide bonds. The van der Waals surface area contributed by atoms with Crippen molar-refractivity contribution < 1.29 is 4.74 Å². The van der Waals surface area contributed by atoms with Crippen molar-refractivity contribution in [1.29, 1.82) is 0 Å². The Labute approximate surface area is 70.4 Å². The van der Waals surface area contributed by atoms with Gasteiger partial charge in [0.1, 0.15) is 5.65 Å². The lowest BCUT2D eigenvalue weighted by atomic mass is 10.2. The molecule has 2 rings (SSSR count). The summed E-state index contributed by atoms with van der Waals surface area (Å²) in [4.78, 5) is 7.31. The Bertz CT molecular complexity index is 406. The molecule has 0 spiro atoms. The van der Waals surface area contributed by atoms with Gasteiger partial charge in [-0.15, -0.1) is 0 Å². The van der Waals surface area contributed by atoms with Crippen LogP contribution in [0.15, 0.2) is 18.3 Å². The molecular weight excluding hydrogens is 152 g/mol. The second-order valence-electron chi connectivity index (χ2n) is 2.73. The normalized spacial score (nSPS) is 10.5. The van der Waals surface area contributed by atoms with Crippen LogP contribution in [0.3, 0.4) is 0 Å². The Kier molecular flexibility index (Phi) is 1.50. The number of aromatic nitrogens is 2. The van der Waals surface area contributed by atoms with Gasteiger partial charge in [-0.1, -0.05) is 0 Å². The Balaban J connectivity index is 2.73. The Morgan fingerprint density at radius 3 is 3.08 bits per heavy atom. The maximum atomic E-state index is 5.09. The molecule has 0 saturated carbocycles. The molecule has 2 heterocycles. The van der Waals surface area contributed by atoms with E-state index in [4.69, 9.17) is 4.74 Å². The predicted molar refractivity (Wildman–Crippen MR) is 47.4 cm³/mol. The molecular formula is C9H10N2O. The van der Waals surface area contributed by atoms with Gasteiger partial charge in [0.2, 0.25) is 5.88 Å². The van der Waals surface area contributed by atoms with E-state index in [0.29, 0.717) is 5.88 Å². The second kappa shape index (κ2) is 2.52. The van der Waals surface area contributed by atoms with Gasteiger partial charge in [0, 0.05) is 17.1 Å². The minimum Gasteiger partial charge on any atom is -0.481 e. The first kappa shape index (κ1) is 7.16.